The summed E-state index contributed by atoms with van der Waals surface area (Å²) in [7, 11) is 1.67. The van der Waals surface area contributed by atoms with Crippen LogP contribution in [0.4, 0.5) is 0 Å². The second kappa shape index (κ2) is 9.52. The molecular formula is C27H28N2O2. The van der Waals surface area contributed by atoms with E-state index in [1.807, 2.05) is 24.3 Å². The Morgan fingerprint density at radius 3 is 2.48 bits per heavy atom. The molecule has 0 aliphatic carbocycles. The van der Waals surface area contributed by atoms with Crippen LogP contribution in [0.2, 0.25) is 0 Å². The van der Waals surface area contributed by atoms with E-state index in [1.165, 1.54) is 22.1 Å². The van der Waals surface area contributed by atoms with Crippen LogP contribution >= 0.6 is 0 Å². The fraction of sp³-hybridized carbons (Fsp3) is 0.222. The lowest BCUT2D eigenvalue weighted by molar-refractivity contribution is -0.121. The summed E-state index contributed by atoms with van der Waals surface area (Å²) in [5.41, 5.74) is 5.84. The summed E-state index contributed by atoms with van der Waals surface area (Å²) in [6.07, 6.45) is 3.27. The molecule has 4 aromatic rings. The average Bonchev–Trinajstić information content (AvgIpc) is 3.23. The van der Waals surface area contributed by atoms with Crippen molar-refractivity contribution < 1.29 is 9.53 Å². The lowest BCUT2D eigenvalue weighted by Gasteiger charge is -2.19. The third kappa shape index (κ3) is 4.97. The molecule has 1 heterocycles. The summed E-state index contributed by atoms with van der Waals surface area (Å²) in [4.78, 5) is 16.0. The highest BCUT2D eigenvalue weighted by atomic mass is 16.5. The molecule has 4 nitrogen and oxygen atoms in total. The second-order valence-electron chi connectivity index (χ2n) is 7.91. The number of benzene rings is 3. The van der Waals surface area contributed by atoms with Gasteiger partial charge in [0.15, 0.2) is 0 Å². The van der Waals surface area contributed by atoms with Crippen LogP contribution < -0.4 is 10.1 Å². The van der Waals surface area contributed by atoms with Crippen molar-refractivity contribution in [1.29, 1.82) is 0 Å². The Hall–Kier alpha value is -3.53. The molecule has 1 amide bonds. The van der Waals surface area contributed by atoms with Gasteiger partial charge in [-0.3, -0.25) is 4.79 Å². The van der Waals surface area contributed by atoms with E-state index in [4.69, 9.17) is 4.74 Å². The maximum atomic E-state index is 12.6. The standard InChI is InChI=1S/C27H28N2O2/c1-19-7-9-20(10-8-19)11-16-27(30)29-17-24(21-12-14-22(31-2)15-13-21)25-18-28-26-6-4-3-5-23(25)26/h3-10,12-15,18,24,28H,11,16-17H2,1-2H3,(H,29,30). The third-order valence-electron chi connectivity index (χ3n) is 5.78. The van der Waals surface area contributed by atoms with Gasteiger partial charge in [0.05, 0.1) is 7.11 Å². The van der Waals surface area contributed by atoms with E-state index >= 15 is 0 Å². The maximum absolute atomic E-state index is 12.6. The van der Waals surface area contributed by atoms with Gasteiger partial charge in [0.2, 0.25) is 5.91 Å². The Balaban J connectivity index is 1.50. The molecule has 3 aromatic carbocycles. The topological polar surface area (TPSA) is 54.1 Å². The van der Waals surface area contributed by atoms with Crippen LogP contribution in [0.25, 0.3) is 10.9 Å². The molecule has 0 bridgehead atoms. The third-order valence-corrected chi connectivity index (χ3v) is 5.78. The summed E-state index contributed by atoms with van der Waals surface area (Å²) >= 11 is 0. The fourth-order valence-electron chi connectivity index (χ4n) is 3.94. The number of rotatable bonds is 8. The summed E-state index contributed by atoms with van der Waals surface area (Å²) in [6.45, 7) is 2.61. The number of methoxy groups -OCH3 is 1. The van der Waals surface area contributed by atoms with Gasteiger partial charge in [-0.1, -0.05) is 60.2 Å². The zero-order chi connectivity index (χ0) is 21.6. The Bertz CT molecular complexity index is 1140. The van der Waals surface area contributed by atoms with Crippen molar-refractivity contribution in [2.75, 3.05) is 13.7 Å². The van der Waals surface area contributed by atoms with Gasteiger partial charge >= 0.3 is 0 Å². The summed E-state index contributed by atoms with van der Waals surface area (Å²) in [5, 5.41) is 4.34. The minimum Gasteiger partial charge on any atom is -0.497 e. The molecule has 31 heavy (non-hydrogen) atoms. The lowest BCUT2D eigenvalue weighted by Crippen LogP contribution is -2.29. The smallest absolute Gasteiger partial charge is 0.220 e. The van der Waals surface area contributed by atoms with Crippen molar-refractivity contribution in [2.24, 2.45) is 0 Å². The van der Waals surface area contributed by atoms with Crippen molar-refractivity contribution in [3.05, 3.63) is 101 Å². The van der Waals surface area contributed by atoms with Gasteiger partial charge in [-0.15, -0.1) is 0 Å². The molecule has 0 saturated carbocycles. The van der Waals surface area contributed by atoms with E-state index in [9.17, 15) is 4.79 Å². The summed E-state index contributed by atoms with van der Waals surface area (Å²) in [6, 6.07) is 24.7. The highest BCUT2D eigenvalue weighted by Gasteiger charge is 2.19. The van der Waals surface area contributed by atoms with Crippen LogP contribution in [-0.4, -0.2) is 24.5 Å². The van der Waals surface area contributed by atoms with Gasteiger partial charge in [0.25, 0.3) is 0 Å². The van der Waals surface area contributed by atoms with Crippen molar-refractivity contribution in [3.63, 3.8) is 0 Å². The second-order valence-corrected chi connectivity index (χ2v) is 7.91. The van der Waals surface area contributed by atoms with Crippen molar-refractivity contribution in [3.8, 4) is 5.75 Å². The Morgan fingerprint density at radius 2 is 1.74 bits per heavy atom. The molecule has 158 valence electrons. The average molecular weight is 413 g/mol. The van der Waals surface area contributed by atoms with Crippen LogP contribution in [0.5, 0.6) is 5.75 Å². The summed E-state index contributed by atoms with van der Waals surface area (Å²) < 4.78 is 5.31. The molecule has 2 N–H and O–H groups in total. The van der Waals surface area contributed by atoms with Crippen LogP contribution in [-0.2, 0) is 11.2 Å². The molecule has 0 spiro atoms. The number of carbonyl (C=O) groups excluding carboxylic acids is 1. The van der Waals surface area contributed by atoms with E-state index in [-0.39, 0.29) is 11.8 Å². The van der Waals surface area contributed by atoms with Gasteiger partial charge < -0.3 is 15.0 Å². The van der Waals surface area contributed by atoms with E-state index in [2.05, 4.69) is 72.0 Å². The number of ether oxygens (including phenoxy) is 1. The zero-order valence-corrected chi connectivity index (χ0v) is 18.0. The van der Waals surface area contributed by atoms with E-state index < -0.39 is 0 Å². The first kappa shape index (κ1) is 20.7. The van der Waals surface area contributed by atoms with Crippen molar-refractivity contribution in [1.82, 2.24) is 10.3 Å². The molecule has 4 rings (SSSR count). The molecule has 0 fully saturated rings. The Morgan fingerprint density at radius 1 is 1.00 bits per heavy atom. The predicted octanol–water partition coefficient (Wildman–Crippen LogP) is 5.37. The summed E-state index contributed by atoms with van der Waals surface area (Å²) in [5.74, 6) is 0.938. The highest BCUT2D eigenvalue weighted by Crippen LogP contribution is 2.31. The van der Waals surface area contributed by atoms with Gasteiger partial charge in [-0.2, -0.15) is 0 Å². The van der Waals surface area contributed by atoms with Crippen molar-refractivity contribution >= 4 is 16.8 Å². The van der Waals surface area contributed by atoms with E-state index in [1.54, 1.807) is 7.11 Å². The number of aromatic nitrogens is 1. The largest absolute Gasteiger partial charge is 0.497 e. The molecule has 0 aliphatic heterocycles. The maximum Gasteiger partial charge on any atom is 0.220 e. The van der Waals surface area contributed by atoms with E-state index in [0.29, 0.717) is 13.0 Å². The number of nitrogens with one attached hydrogen (secondary N) is 2. The van der Waals surface area contributed by atoms with Gasteiger partial charge in [0, 0.05) is 36.0 Å². The number of H-pyrrole nitrogens is 1. The quantitative estimate of drug-likeness (QED) is 0.409. The number of para-hydroxylation sites is 1. The zero-order valence-electron chi connectivity index (χ0n) is 18.0. The molecule has 1 unspecified atom stereocenters. The highest BCUT2D eigenvalue weighted by molar-refractivity contribution is 5.84. The monoisotopic (exact) mass is 412 g/mol. The number of amides is 1. The lowest BCUT2D eigenvalue weighted by atomic mass is 9.90. The molecule has 4 heteroatoms. The first-order valence-electron chi connectivity index (χ1n) is 10.7. The van der Waals surface area contributed by atoms with Crippen LogP contribution in [0.1, 0.15) is 34.6 Å². The molecule has 1 aromatic heterocycles. The minimum atomic E-state index is 0.0466. The van der Waals surface area contributed by atoms with Crippen LogP contribution in [0.15, 0.2) is 79.0 Å². The Kier molecular flexibility index (Phi) is 6.37. The molecule has 1 atom stereocenters. The minimum absolute atomic E-state index is 0.0466. The molecule has 0 radical (unpaired) electrons. The SMILES string of the molecule is COc1ccc(C(CNC(=O)CCc2ccc(C)cc2)c2c[nH]c3ccccc23)cc1. The number of aryl methyl sites for hydroxylation is 2. The van der Waals surface area contributed by atoms with Gasteiger partial charge in [-0.25, -0.2) is 0 Å². The number of aromatic amines is 1. The molecule has 0 saturated heterocycles. The van der Waals surface area contributed by atoms with Crippen LogP contribution in [0.3, 0.4) is 0 Å². The normalized spacial score (nSPS) is 11.9. The first-order chi connectivity index (χ1) is 15.1. The number of carbonyl (C=O) groups is 1. The fourth-order valence-corrected chi connectivity index (χ4v) is 3.94. The number of hydrogen-bond donors (Lipinski definition) is 2. The van der Waals surface area contributed by atoms with Crippen LogP contribution in [0, 0.1) is 6.92 Å². The number of fused-ring (bicyclic) bond motifs is 1. The molecule has 0 aliphatic rings. The van der Waals surface area contributed by atoms with Gasteiger partial charge in [0.1, 0.15) is 5.75 Å². The van der Waals surface area contributed by atoms with E-state index in [0.717, 1.165) is 23.3 Å². The first-order valence-corrected chi connectivity index (χ1v) is 10.7. The van der Waals surface area contributed by atoms with Gasteiger partial charge in [-0.05, 0) is 48.2 Å². The predicted molar refractivity (Wildman–Crippen MR) is 126 cm³/mol. The molecular weight excluding hydrogens is 384 g/mol. The van der Waals surface area contributed by atoms with Crippen molar-refractivity contribution in [2.45, 2.75) is 25.7 Å². The number of hydrogen-bond acceptors (Lipinski definition) is 2. The Labute approximate surface area is 183 Å².